The molecule has 2 heterocycles. The number of benzene rings is 3. The van der Waals surface area contributed by atoms with Gasteiger partial charge in [-0.25, -0.2) is 0 Å². The summed E-state index contributed by atoms with van der Waals surface area (Å²) in [7, 11) is 0. The molecule has 0 aliphatic carbocycles. The van der Waals surface area contributed by atoms with E-state index in [1.807, 2.05) is 79.1 Å². The van der Waals surface area contributed by atoms with Gasteiger partial charge in [-0.2, -0.15) is 0 Å². The van der Waals surface area contributed by atoms with Gasteiger partial charge >= 0.3 is 0 Å². The van der Waals surface area contributed by atoms with Crippen LogP contribution in [0.4, 0.5) is 0 Å². The van der Waals surface area contributed by atoms with Crippen molar-refractivity contribution < 1.29 is 9.53 Å². The van der Waals surface area contributed by atoms with Crippen LogP contribution in [0.25, 0.3) is 21.8 Å². The summed E-state index contributed by atoms with van der Waals surface area (Å²) in [5.74, 6) is 0. The number of aromatic nitrogens is 2. The van der Waals surface area contributed by atoms with Crippen LogP contribution in [0.3, 0.4) is 0 Å². The van der Waals surface area contributed by atoms with Crippen LogP contribution in [0.15, 0.2) is 109 Å². The van der Waals surface area contributed by atoms with Gasteiger partial charge in [0, 0.05) is 23.3 Å². The summed E-state index contributed by atoms with van der Waals surface area (Å²) in [4.78, 5) is 17.1. The minimum atomic E-state index is 0.365. The SMILES string of the molecule is O=COCc1ccccc1.c1ccc2[nH]ccc2c1.c1ccc2ncccc2c1. The largest absolute Gasteiger partial charge is 0.463 e. The molecule has 0 unspecified atom stereocenters. The predicted octanol–water partition coefficient (Wildman–Crippen LogP) is 5.76. The Hall–Kier alpha value is -3.92. The first-order valence-corrected chi connectivity index (χ1v) is 9.28. The monoisotopic (exact) mass is 382 g/mol. The second-order valence-corrected chi connectivity index (χ2v) is 6.15. The molecule has 0 aliphatic heterocycles. The highest BCUT2D eigenvalue weighted by molar-refractivity contribution is 5.79. The van der Waals surface area contributed by atoms with Crippen LogP contribution in [-0.4, -0.2) is 16.4 Å². The number of hydrogen-bond acceptors (Lipinski definition) is 3. The van der Waals surface area contributed by atoms with Gasteiger partial charge in [0.15, 0.2) is 0 Å². The molecule has 0 saturated heterocycles. The van der Waals surface area contributed by atoms with Crippen molar-refractivity contribution >= 4 is 28.3 Å². The minimum absolute atomic E-state index is 0.365. The summed E-state index contributed by atoms with van der Waals surface area (Å²) in [5.41, 5.74) is 3.28. The van der Waals surface area contributed by atoms with E-state index in [4.69, 9.17) is 0 Å². The topological polar surface area (TPSA) is 55.0 Å². The standard InChI is InChI=1S/C9H7N.C8H7N.C8H8O2/c1-2-6-9-8(4-1)5-3-7-10-9;1-2-4-8-7(3-1)5-6-9-8;9-7-10-6-8-4-2-1-3-5-8/h1-7H;1-6,9H;1-5,7H,6H2. The van der Waals surface area contributed by atoms with Gasteiger partial charge in [0.25, 0.3) is 6.47 Å². The number of para-hydroxylation sites is 2. The molecule has 0 atom stereocenters. The van der Waals surface area contributed by atoms with E-state index in [1.54, 1.807) is 0 Å². The first-order valence-electron chi connectivity index (χ1n) is 9.28. The van der Waals surface area contributed by atoms with Gasteiger partial charge in [0.1, 0.15) is 6.61 Å². The van der Waals surface area contributed by atoms with Crippen molar-refractivity contribution in [1.29, 1.82) is 0 Å². The lowest BCUT2D eigenvalue weighted by Gasteiger charge is -1.95. The van der Waals surface area contributed by atoms with Crippen molar-refractivity contribution in [2.45, 2.75) is 6.61 Å². The summed E-state index contributed by atoms with van der Waals surface area (Å²) in [6.07, 6.45) is 3.76. The summed E-state index contributed by atoms with van der Waals surface area (Å²) in [6.45, 7) is 0.817. The lowest BCUT2D eigenvalue weighted by Crippen LogP contribution is -1.88. The van der Waals surface area contributed by atoms with Crippen LogP contribution >= 0.6 is 0 Å². The Balaban J connectivity index is 0.000000124. The molecular formula is C25H22N2O2. The molecule has 4 heteroatoms. The molecular weight excluding hydrogens is 360 g/mol. The van der Waals surface area contributed by atoms with E-state index in [0.717, 1.165) is 11.1 Å². The van der Waals surface area contributed by atoms with Crippen LogP contribution in [0.2, 0.25) is 0 Å². The Morgan fingerprint density at radius 2 is 1.45 bits per heavy atom. The van der Waals surface area contributed by atoms with E-state index in [1.165, 1.54) is 16.3 Å². The van der Waals surface area contributed by atoms with E-state index in [2.05, 4.69) is 45.0 Å². The maximum atomic E-state index is 9.76. The van der Waals surface area contributed by atoms with Crippen molar-refractivity contribution in [3.05, 3.63) is 115 Å². The summed E-state index contributed by atoms with van der Waals surface area (Å²) >= 11 is 0. The smallest absolute Gasteiger partial charge is 0.293 e. The average Bonchev–Trinajstić information content (AvgIpc) is 3.28. The fraction of sp³-hybridized carbons (Fsp3) is 0.0400. The molecule has 0 radical (unpaired) electrons. The van der Waals surface area contributed by atoms with Crippen LogP contribution < -0.4 is 0 Å². The molecule has 29 heavy (non-hydrogen) atoms. The van der Waals surface area contributed by atoms with Crippen LogP contribution in [0, 0.1) is 0 Å². The number of nitrogens with one attached hydrogen (secondary N) is 1. The van der Waals surface area contributed by atoms with E-state index in [9.17, 15) is 4.79 Å². The molecule has 144 valence electrons. The lowest BCUT2D eigenvalue weighted by molar-refractivity contribution is -0.129. The fourth-order valence-corrected chi connectivity index (χ4v) is 2.72. The number of carbonyl (C=O) groups is 1. The van der Waals surface area contributed by atoms with Crippen molar-refractivity contribution in [3.63, 3.8) is 0 Å². The number of hydrogen-bond donors (Lipinski definition) is 1. The normalized spacial score (nSPS) is 9.66. The number of fused-ring (bicyclic) bond motifs is 2. The maximum Gasteiger partial charge on any atom is 0.293 e. The number of aromatic amines is 1. The molecule has 0 aliphatic rings. The highest BCUT2D eigenvalue weighted by Crippen LogP contribution is 2.09. The number of H-pyrrole nitrogens is 1. The van der Waals surface area contributed by atoms with Crippen molar-refractivity contribution in [2.24, 2.45) is 0 Å². The molecule has 0 bridgehead atoms. The molecule has 5 rings (SSSR count). The highest BCUT2D eigenvalue weighted by Gasteiger charge is 1.88. The van der Waals surface area contributed by atoms with Gasteiger partial charge in [-0.1, -0.05) is 72.8 Å². The summed E-state index contributed by atoms with van der Waals surface area (Å²) in [5, 5.41) is 2.47. The van der Waals surface area contributed by atoms with E-state index in [0.29, 0.717) is 13.1 Å². The molecule has 0 saturated carbocycles. The molecule has 1 N–H and O–H groups in total. The first kappa shape index (κ1) is 19.8. The number of nitrogens with zero attached hydrogens (tertiary/aromatic N) is 1. The molecule has 5 aromatic rings. The Morgan fingerprint density at radius 1 is 0.759 bits per heavy atom. The van der Waals surface area contributed by atoms with Gasteiger partial charge in [-0.15, -0.1) is 0 Å². The predicted molar refractivity (Wildman–Crippen MR) is 117 cm³/mol. The lowest BCUT2D eigenvalue weighted by atomic mass is 10.2. The van der Waals surface area contributed by atoms with Crippen molar-refractivity contribution in [1.82, 2.24) is 9.97 Å². The number of pyridine rings is 1. The maximum absolute atomic E-state index is 9.76. The van der Waals surface area contributed by atoms with Crippen LogP contribution in [0.1, 0.15) is 5.56 Å². The summed E-state index contributed by atoms with van der Waals surface area (Å²) < 4.78 is 4.54. The first-order chi connectivity index (χ1) is 14.4. The molecule has 4 nitrogen and oxygen atoms in total. The Kier molecular flexibility index (Phi) is 7.55. The van der Waals surface area contributed by atoms with E-state index >= 15 is 0 Å². The Morgan fingerprint density at radius 3 is 2.21 bits per heavy atom. The molecule has 0 spiro atoms. The number of carbonyl (C=O) groups excluding carboxylic acids is 1. The van der Waals surface area contributed by atoms with Gasteiger partial charge in [0.05, 0.1) is 5.52 Å². The van der Waals surface area contributed by atoms with Gasteiger partial charge in [-0.3, -0.25) is 9.78 Å². The van der Waals surface area contributed by atoms with Crippen molar-refractivity contribution in [3.8, 4) is 0 Å². The highest BCUT2D eigenvalue weighted by atomic mass is 16.5. The molecule has 0 fully saturated rings. The third-order valence-electron chi connectivity index (χ3n) is 4.14. The third kappa shape index (κ3) is 6.33. The summed E-state index contributed by atoms with van der Waals surface area (Å²) in [6, 6.07) is 31.9. The average molecular weight is 382 g/mol. The fourth-order valence-electron chi connectivity index (χ4n) is 2.72. The quantitative estimate of drug-likeness (QED) is 0.404. The second-order valence-electron chi connectivity index (χ2n) is 6.15. The minimum Gasteiger partial charge on any atom is -0.463 e. The van der Waals surface area contributed by atoms with Crippen LogP contribution in [0.5, 0.6) is 0 Å². The Labute approximate surface area is 169 Å². The third-order valence-corrected chi connectivity index (χ3v) is 4.14. The zero-order valence-corrected chi connectivity index (χ0v) is 15.9. The van der Waals surface area contributed by atoms with E-state index in [-0.39, 0.29) is 0 Å². The second kappa shape index (κ2) is 11.0. The zero-order valence-electron chi connectivity index (χ0n) is 15.9. The molecule has 3 aromatic carbocycles. The van der Waals surface area contributed by atoms with Gasteiger partial charge in [-0.05, 0) is 35.2 Å². The zero-order chi connectivity index (χ0) is 20.2. The Bertz CT molecular complexity index is 1040. The number of ether oxygens (including phenoxy) is 1. The van der Waals surface area contributed by atoms with E-state index < -0.39 is 0 Å². The van der Waals surface area contributed by atoms with Gasteiger partial charge in [0.2, 0.25) is 0 Å². The van der Waals surface area contributed by atoms with Crippen molar-refractivity contribution in [2.75, 3.05) is 0 Å². The molecule has 0 amide bonds. The van der Waals surface area contributed by atoms with Gasteiger partial charge < -0.3 is 9.72 Å². The number of rotatable bonds is 3. The molecule has 2 aromatic heterocycles. The van der Waals surface area contributed by atoms with Crippen LogP contribution in [-0.2, 0) is 16.1 Å².